The molecule has 0 radical (unpaired) electrons. The summed E-state index contributed by atoms with van der Waals surface area (Å²) in [7, 11) is 0. The third-order valence-corrected chi connectivity index (χ3v) is 5.37. The highest BCUT2D eigenvalue weighted by Crippen LogP contribution is 2.34. The summed E-state index contributed by atoms with van der Waals surface area (Å²) in [4.78, 5) is 0. The summed E-state index contributed by atoms with van der Waals surface area (Å²) in [6, 6.07) is 7.92. The van der Waals surface area contributed by atoms with Gasteiger partial charge in [0, 0.05) is 22.7 Å². The van der Waals surface area contributed by atoms with Crippen molar-refractivity contribution in [3.8, 4) is 0 Å². The fraction of sp³-hybridized carbons (Fsp3) is 0.571. The van der Waals surface area contributed by atoms with Crippen LogP contribution in [0.2, 0.25) is 0 Å². The van der Waals surface area contributed by atoms with Crippen LogP contribution in [0.15, 0.2) is 24.3 Å². The zero-order valence-corrected chi connectivity index (χ0v) is 14.3. The SMILES string of the molecule is Cc1ccccc1C(CBr)(CBr)CCOCC(F)(F)F. The van der Waals surface area contributed by atoms with Gasteiger partial charge in [-0.1, -0.05) is 56.1 Å². The van der Waals surface area contributed by atoms with Crippen molar-refractivity contribution in [1.82, 2.24) is 0 Å². The number of ether oxygens (including phenoxy) is 1. The molecule has 0 aromatic heterocycles. The summed E-state index contributed by atoms with van der Waals surface area (Å²) in [5, 5.41) is 1.32. The van der Waals surface area contributed by atoms with Crippen molar-refractivity contribution in [3.63, 3.8) is 0 Å². The summed E-state index contributed by atoms with van der Waals surface area (Å²) in [5.74, 6) is 0. The molecule has 1 aromatic rings. The average molecular weight is 418 g/mol. The van der Waals surface area contributed by atoms with Crippen LogP contribution in [0.4, 0.5) is 13.2 Å². The van der Waals surface area contributed by atoms with Gasteiger partial charge in [0.15, 0.2) is 0 Å². The smallest absolute Gasteiger partial charge is 0.372 e. The van der Waals surface area contributed by atoms with Crippen LogP contribution in [0.3, 0.4) is 0 Å². The Morgan fingerprint density at radius 2 is 1.70 bits per heavy atom. The van der Waals surface area contributed by atoms with E-state index >= 15 is 0 Å². The lowest BCUT2D eigenvalue weighted by Gasteiger charge is -2.32. The Kier molecular flexibility index (Phi) is 7.01. The number of aryl methyl sites for hydroxylation is 1. The molecule has 0 aliphatic heterocycles. The predicted molar refractivity (Wildman–Crippen MR) is 81.9 cm³/mol. The minimum Gasteiger partial charge on any atom is -0.372 e. The summed E-state index contributed by atoms with van der Waals surface area (Å²) >= 11 is 6.98. The molecule has 0 fully saturated rings. The molecule has 0 atom stereocenters. The van der Waals surface area contributed by atoms with Gasteiger partial charge in [0.1, 0.15) is 6.61 Å². The van der Waals surface area contributed by atoms with Crippen molar-refractivity contribution in [2.45, 2.75) is 24.9 Å². The van der Waals surface area contributed by atoms with E-state index in [0.717, 1.165) is 11.1 Å². The second-order valence-corrected chi connectivity index (χ2v) is 5.90. The van der Waals surface area contributed by atoms with Gasteiger partial charge in [0.05, 0.1) is 0 Å². The van der Waals surface area contributed by atoms with Gasteiger partial charge >= 0.3 is 6.18 Å². The summed E-state index contributed by atoms with van der Waals surface area (Å²) in [5.41, 5.74) is 1.99. The molecule has 0 heterocycles. The van der Waals surface area contributed by atoms with Crippen molar-refractivity contribution in [2.75, 3.05) is 23.9 Å². The topological polar surface area (TPSA) is 9.23 Å². The molecule has 0 aliphatic carbocycles. The highest BCUT2D eigenvalue weighted by atomic mass is 79.9. The first kappa shape index (κ1) is 18.0. The standard InChI is InChI=1S/C14H17Br2F3O/c1-11-4-2-3-5-12(11)13(8-15,9-16)6-7-20-10-14(17,18)19/h2-5H,6-10H2,1H3. The highest BCUT2D eigenvalue weighted by Gasteiger charge is 2.32. The first-order chi connectivity index (χ1) is 9.34. The molecule has 114 valence electrons. The monoisotopic (exact) mass is 416 g/mol. The van der Waals surface area contributed by atoms with Crippen LogP contribution in [0.5, 0.6) is 0 Å². The highest BCUT2D eigenvalue weighted by molar-refractivity contribution is 9.09. The number of benzene rings is 1. The lowest BCUT2D eigenvalue weighted by Crippen LogP contribution is -2.33. The Balaban J connectivity index is 2.75. The fourth-order valence-corrected chi connectivity index (χ4v) is 4.16. The normalized spacial score (nSPS) is 12.7. The Hall–Kier alpha value is -0.0700. The average Bonchev–Trinajstić information content (AvgIpc) is 2.40. The number of rotatable bonds is 7. The van der Waals surface area contributed by atoms with Crippen LogP contribution in [-0.4, -0.2) is 30.1 Å². The van der Waals surface area contributed by atoms with Crippen LogP contribution >= 0.6 is 31.9 Å². The zero-order chi connectivity index (χ0) is 15.2. The molecule has 1 aromatic carbocycles. The Morgan fingerprint density at radius 3 is 2.20 bits per heavy atom. The van der Waals surface area contributed by atoms with Crippen LogP contribution in [0.1, 0.15) is 17.5 Å². The minimum absolute atomic E-state index is 0.0744. The van der Waals surface area contributed by atoms with Gasteiger partial charge in [-0.2, -0.15) is 13.2 Å². The van der Waals surface area contributed by atoms with Gasteiger partial charge in [0.25, 0.3) is 0 Å². The van der Waals surface area contributed by atoms with E-state index in [1.165, 1.54) is 0 Å². The second-order valence-electron chi connectivity index (χ2n) is 4.78. The zero-order valence-electron chi connectivity index (χ0n) is 11.1. The van der Waals surface area contributed by atoms with Gasteiger partial charge in [-0.25, -0.2) is 0 Å². The lowest BCUT2D eigenvalue weighted by molar-refractivity contribution is -0.174. The van der Waals surface area contributed by atoms with Gasteiger partial charge in [0.2, 0.25) is 0 Å². The molecule has 1 nitrogen and oxygen atoms in total. The number of alkyl halides is 5. The molecule has 0 aliphatic rings. The van der Waals surface area contributed by atoms with E-state index in [4.69, 9.17) is 4.74 Å². The van der Waals surface area contributed by atoms with E-state index < -0.39 is 12.8 Å². The van der Waals surface area contributed by atoms with Crippen molar-refractivity contribution in [3.05, 3.63) is 35.4 Å². The van der Waals surface area contributed by atoms with Gasteiger partial charge in [-0.15, -0.1) is 0 Å². The Morgan fingerprint density at radius 1 is 1.10 bits per heavy atom. The first-order valence-corrected chi connectivity index (χ1v) is 8.41. The number of hydrogen-bond acceptors (Lipinski definition) is 1. The lowest BCUT2D eigenvalue weighted by atomic mass is 9.79. The first-order valence-electron chi connectivity index (χ1n) is 6.17. The maximum absolute atomic E-state index is 12.1. The van der Waals surface area contributed by atoms with Crippen molar-refractivity contribution in [2.24, 2.45) is 0 Å². The maximum Gasteiger partial charge on any atom is 0.411 e. The van der Waals surface area contributed by atoms with Crippen molar-refractivity contribution >= 4 is 31.9 Å². The van der Waals surface area contributed by atoms with Crippen molar-refractivity contribution in [1.29, 1.82) is 0 Å². The molecule has 20 heavy (non-hydrogen) atoms. The van der Waals surface area contributed by atoms with E-state index in [1.54, 1.807) is 0 Å². The quantitative estimate of drug-likeness (QED) is 0.448. The molecule has 1 rings (SSSR count). The molecular formula is C14H17Br2F3O. The van der Waals surface area contributed by atoms with Gasteiger partial charge in [-0.05, 0) is 24.5 Å². The summed E-state index contributed by atoms with van der Waals surface area (Å²) < 4.78 is 41.0. The predicted octanol–water partition coefficient (Wildman–Crippen LogP) is 4.99. The summed E-state index contributed by atoms with van der Waals surface area (Å²) in [6.07, 6.45) is -3.75. The number of hydrogen-bond donors (Lipinski definition) is 0. The summed E-state index contributed by atoms with van der Waals surface area (Å²) in [6.45, 7) is 0.887. The third kappa shape index (κ3) is 5.04. The van der Waals surface area contributed by atoms with Crippen LogP contribution in [-0.2, 0) is 10.2 Å². The molecule has 6 heteroatoms. The van der Waals surface area contributed by atoms with E-state index in [9.17, 15) is 13.2 Å². The van der Waals surface area contributed by atoms with Crippen LogP contribution in [0.25, 0.3) is 0 Å². The molecular weight excluding hydrogens is 401 g/mol. The molecule has 0 saturated carbocycles. The molecule has 0 spiro atoms. The largest absolute Gasteiger partial charge is 0.411 e. The molecule has 0 amide bonds. The molecule has 0 N–H and O–H groups in total. The van der Waals surface area contributed by atoms with Gasteiger partial charge < -0.3 is 4.74 Å². The van der Waals surface area contributed by atoms with Crippen molar-refractivity contribution < 1.29 is 17.9 Å². The Bertz CT molecular complexity index is 417. The van der Waals surface area contributed by atoms with Crippen LogP contribution < -0.4 is 0 Å². The number of halogens is 5. The second kappa shape index (κ2) is 7.80. The van der Waals surface area contributed by atoms with Gasteiger partial charge in [-0.3, -0.25) is 0 Å². The molecule has 0 saturated heterocycles. The molecule has 0 unspecified atom stereocenters. The Labute approximate surface area is 134 Å². The molecule has 0 bridgehead atoms. The van der Waals surface area contributed by atoms with E-state index in [2.05, 4.69) is 31.9 Å². The van der Waals surface area contributed by atoms with E-state index in [-0.39, 0.29) is 12.0 Å². The van der Waals surface area contributed by atoms with E-state index in [1.807, 2.05) is 31.2 Å². The third-order valence-electron chi connectivity index (χ3n) is 3.22. The minimum atomic E-state index is -4.27. The van der Waals surface area contributed by atoms with Crippen LogP contribution in [0, 0.1) is 6.92 Å². The maximum atomic E-state index is 12.1. The fourth-order valence-electron chi connectivity index (χ4n) is 2.07. The van der Waals surface area contributed by atoms with E-state index in [0.29, 0.717) is 17.1 Å².